The van der Waals surface area contributed by atoms with Crippen LogP contribution in [0.3, 0.4) is 0 Å². The van der Waals surface area contributed by atoms with Gasteiger partial charge in [0.2, 0.25) is 0 Å². The number of nitrogens with one attached hydrogen (secondary N) is 1. The molecule has 25 heavy (non-hydrogen) atoms. The first-order valence-corrected chi connectivity index (χ1v) is 7.61. The molecular weight excluding hydrogens is 357 g/mol. The molecule has 1 aliphatic heterocycles. The number of benzene rings is 1. The van der Waals surface area contributed by atoms with Gasteiger partial charge in [-0.25, -0.2) is 4.68 Å². The Bertz CT molecular complexity index is 754. The summed E-state index contributed by atoms with van der Waals surface area (Å²) in [7, 11) is 0. The first-order chi connectivity index (χ1) is 11.4. The van der Waals surface area contributed by atoms with Crippen LogP contribution in [-0.4, -0.2) is 46.8 Å². The summed E-state index contributed by atoms with van der Waals surface area (Å²) in [4.78, 5) is 14.0. The summed E-state index contributed by atoms with van der Waals surface area (Å²) in [5.74, 6) is -0.636. The molecule has 1 aliphatic rings. The lowest BCUT2D eigenvalue weighted by atomic mass is 10.1. The first-order valence-electron chi connectivity index (χ1n) is 7.61. The second kappa shape index (κ2) is 7.45. The zero-order chi connectivity index (χ0) is 17.3. The molecule has 1 aromatic heterocycles. The van der Waals surface area contributed by atoms with Gasteiger partial charge in [0.05, 0.1) is 17.4 Å². The van der Waals surface area contributed by atoms with Crippen molar-refractivity contribution in [3.05, 3.63) is 47.3 Å². The van der Waals surface area contributed by atoms with Crippen molar-refractivity contribution >= 4 is 18.3 Å². The minimum atomic E-state index is -4.68. The van der Waals surface area contributed by atoms with Gasteiger partial charge in [0, 0.05) is 26.2 Å². The number of carbonyl (C=O) groups is 1. The van der Waals surface area contributed by atoms with Gasteiger partial charge in [0.25, 0.3) is 5.91 Å². The van der Waals surface area contributed by atoms with Crippen LogP contribution in [0.1, 0.15) is 21.6 Å². The van der Waals surface area contributed by atoms with Crippen molar-refractivity contribution in [3.8, 4) is 5.69 Å². The number of halogens is 4. The molecular formula is C16H18ClF3N4O. The molecule has 0 radical (unpaired) electrons. The van der Waals surface area contributed by atoms with Gasteiger partial charge in [-0.05, 0) is 18.6 Å². The van der Waals surface area contributed by atoms with E-state index in [0.29, 0.717) is 37.4 Å². The van der Waals surface area contributed by atoms with Crippen LogP contribution in [-0.2, 0) is 6.18 Å². The molecule has 0 spiro atoms. The lowest BCUT2D eigenvalue weighted by molar-refractivity contribution is -0.143. The molecule has 0 atom stereocenters. The Labute approximate surface area is 149 Å². The molecule has 0 unspecified atom stereocenters. The Hall–Kier alpha value is -2.06. The molecule has 2 aromatic rings. The number of alkyl halides is 3. The molecule has 9 heteroatoms. The average molecular weight is 375 g/mol. The maximum atomic E-state index is 13.6. The molecule has 1 amide bonds. The van der Waals surface area contributed by atoms with Crippen molar-refractivity contribution in [2.45, 2.75) is 13.1 Å². The first kappa shape index (κ1) is 19.3. The van der Waals surface area contributed by atoms with Crippen LogP contribution in [0.5, 0.6) is 0 Å². The van der Waals surface area contributed by atoms with E-state index in [-0.39, 0.29) is 12.4 Å². The molecule has 136 valence electrons. The molecule has 0 saturated carbocycles. The van der Waals surface area contributed by atoms with Crippen molar-refractivity contribution in [1.82, 2.24) is 20.0 Å². The highest BCUT2D eigenvalue weighted by Gasteiger charge is 2.41. The lowest BCUT2D eigenvalue weighted by Crippen LogP contribution is -2.46. The zero-order valence-electron chi connectivity index (χ0n) is 13.5. The number of aromatic nitrogens is 2. The molecule has 3 rings (SSSR count). The van der Waals surface area contributed by atoms with Crippen LogP contribution in [0.15, 0.2) is 30.5 Å². The highest BCUT2D eigenvalue weighted by atomic mass is 35.5. The third-order valence-electron chi connectivity index (χ3n) is 4.02. The number of hydrogen-bond donors (Lipinski definition) is 1. The normalized spacial score (nSPS) is 15.0. The molecule has 1 aromatic carbocycles. The summed E-state index contributed by atoms with van der Waals surface area (Å²) in [5, 5.41) is 6.93. The summed E-state index contributed by atoms with van der Waals surface area (Å²) >= 11 is 0. The maximum Gasteiger partial charge on any atom is 0.434 e. The van der Waals surface area contributed by atoms with Crippen LogP contribution in [0, 0.1) is 6.92 Å². The van der Waals surface area contributed by atoms with E-state index < -0.39 is 23.3 Å². The number of piperazine rings is 1. The second-order valence-electron chi connectivity index (χ2n) is 5.65. The number of nitrogens with zero attached hydrogens (tertiary/aromatic N) is 3. The molecule has 1 N–H and O–H groups in total. The minimum Gasteiger partial charge on any atom is -0.336 e. The summed E-state index contributed by atoms with van der Waals surface area (Å²) < 4.78 is 41.7. The molecule has 0 bridgehead atoms. The summed E-state index contributed by atoms with van der Waals surface area (Å²) in [6, 6.07) is 6.63. The van der Waals surface area contributed by atoms with E-state index in [0.717, 1.165) is 10.9 Å². The fraction of sp³-hybridized carbons (Fsp3) is 0.375. The predicted molar refractivity (Wildman–Crippen MR) is 89.3 cm³/mol. The van der Waals surface area contributed by atoms with E-state index >= 15 is 0 Å². The number of rotatable bonds is 2. The topological polar surface area (TPSA) is 50.2 Å². The van der Waals surface area contributed by atoms with E-state index in [1.54, 1.807) is 31.2 Å². The number of hydrogen-bond acceptors (Lipinski definition) is 3. The van der Waals surface area contributed by atoms with Crippen LogP contribution >= 0.6 is 12.4 Å². The zero-order valence-corrected chi connectivity index (χ0v) is 14.3. The van der Waals surface area contributed by atoms with Gasteiger partial charge in [-0.15, -0.1) is 12.4 Å². The Kier molecular flexibility index (Phi) is 5.74. The smallest absolute Gasteiger partial charge is 0.336 e. The van der Waals surface area contributed by atoms with Gasteiger partial charge in [-0.1, -0.05) is 18.2 Å². The molecule has 1 fully saturated rings. The quantitative estimate of drug-likeness (QED) is 0.879. The Balaban J connectivity index is 0.00000225. The lowest BCUT2D eigenvalue weighted by Gasteiger charge is -2.27. The van der Waals surface area contributed by atoms with Gasteiger partial charge >= 0.3 is 6.18 Å². The summed E-state index contributed by atoms with van der Waals surface area (Å²) in [5.41, 5.74) is -0.482. The number of aryl methyl sites for hydroxylation is 1. The Morgan fingerprint density at radius 1 is 1.20 bits per heavy atom. The van der Waals surface area contributed by atoms with Crippen LogP contribution < -0.4 is 5.32 Å². The highest BCUT2D eigenvalue weighted by molar-refractivity contribution is 5.95. The van der Waals surface area contributed by atoms with Gasteiger partial charge < -0.3 is 10.2 Å². The second-order valence-corrected chi connectivity index (χ2v) is 5.65. The highest BCUT2D eigenvalue weighted by Crippen LogP contribution is 2.34. The largest absolute Gasteiger partial charge is 0.434 e. The number of amides is 1. The van der Waals surface area contributed by atoms with Crippen molar-refractivity contribution in [1.29, 1.82) is 0 Å². The van der Waals surface area contributed by atoms with Crippen molar-refractivity contribution < 1.29 is 18.0 Å². The molecule has 5 nitrogen and oxygen atoms in total. The monoisotopic (exact) mass is 374 g/mol. The SMILES string of the molecule is Cc1ccccc1-n1ncc(C(=O)N2CCNCC2)c1C(F)(F)F.Cl. The fourth-order valence-corrected chi connectivity index (χ4v) is 2.80. The third-order valence-corrected chi connectivity index (χ3v) is 4.02. The van der Waals surface area contributed by atoms with Crippen molar-refractivity contribution in [3.63, 3.8) is 0 Å². The van der Waals surface area contributed by atoms with Crippen molar-refractivity contribution in [2.24, 2.45) is 0 Å². The van der Waals surface area contributed by atoms with E-state index in [2.05, 4.69) is 10.4 Å². The van der Waals surface area contributed by atoms with E-state index in [4.69, 9.17) is 0 Å². The molecule has 1 saturated heterocycles. The minimum absolute atomic E-state index is 0. The Morgan fingerprint density at radius 2 is 1.84 bits per heavy atom. The summed E-state index contributed by atoms with van der Waals surface area (Å²) in [6.45, 7) is 3.60. The predicted octanol–water partition coefficient (Wildman–Crippen LogP) is 2.67. The maximum absolute atomic E-state index is 13.6. The average Bonchev–Trinajstić information content (AvgIpc) is 3.00. The fourth-order valence-electron chi connectivity index (χ4n) is 2.80. The van der Waals surface area contributed by atoms with Crippen molar-refractivity contribution in [2.75, 3.05) is 26.2 Å². The van der Waals surface area contributed by atoms with Crippen LogP contribution in [0.25, 0.3) is 5.69 Å². The third kappa shape index (κ3) is 3.80. The van der Waals surface area contributed by atoms with Gasteiger partial charge in [0.1, 0.15) is 0 Å². The van der Waals surface area contributed by atoms with E-state index in [1.165, 1.54) is 4.90 Å². The molecule has 0 aliphatic carbocycles. The summed E-state index contributed by atoms with van der Waals surface area (Å²) in [6.07, 6.45) is -3.67. The Morgan fingerprint density at radius 3 is 2.44 bits per heavy atom. The van der Waals surface area contributed by atoms with Crippen LogP contribution in [0.4, 0.5) is 13.2 Å². The van der Waals surface area contributed by atoms with Gasteiger partial charge in [-0.3, -0.25) is 4.79 Å². The van der Waals surface area contributed by atoms with Crippen LogP contribution in [0.2, 0.25) is 0 Å². The van der Waals surface area contributed by atoms with Gasteiger partial charge in [0.15, 0.2) is 5.69 Å². The number of para-hydroxylation sites is 1. The van der Waals surface area contributed by atoms with Gasteiger partial charge in [-0.2, -0.15) is 18.3 Å². The standard InChI is InChI=1S/C16H17F3N4O.ClH/c1-11-4-2-3-5-13(11)23-14(16(17,18)19)12(10-21-23)15(24)22-8-6-20-7-9-22;/h2-5,10,20H,6-9H2,1H3;1H. The number of carbonyl (C=O) groups excluding carboxylic acids is 1. The molecule has 2 heterocycles. The van der Waals surface area contributed by atoms with E-state index in [1.807, 2.05) is 0 Å². The van der Waals surface area contributed by atoms with E-state index in [9.17, 15) is 18.0 Å².